The maximum Gasteiger partial charge on any atom is 0.416 e. The minimum atomic E-state index is -4.39. The molecule has 2 aromatic carbocycles. The van der Waals surface area contributed by atoms with Crippen molar-refractivity contribution >= 4 is 11.0 Å². The van der Waals surface area contributed by atoms with Gasteiger partial charge in [0, 0.05) is 6.07 Å². The SMILES string of the molecule is Oc1cccc(-n2cnc3cc(C(F)(F)F)ccc32)c1. The lowest BCUT2D eigenvalue weighted by Gasteiger charge is -2.07. The van der Waals surface area contributed by atoms with Crippen molar-refractivity contribution in [3.8, 4) is 11.4 Å². The number of aromatic nitrogens is 2. The van der Waals surface area contributed by atoms with E-state index >= 15 is 0 Å². The number of phenolic OH excluding ortho intramolecular Hbond substituents is 1. The van der Waals surface area contributed by atoms with E-state index in [1.54, 1.807) is 16.7 Å². The minimum absolute atomic E-state index is 0.0799. The van der Waals surface area contributed by atoms with Gasteiger partial charge in [0.2, 0.25) is 0 Å². The van der Waals surface area contributed by atoms with Crippen molar-refractivity contribution in [1.82, 2.24) is 9.55 Å². The van der Waals surface area contributed by atoms with E-state index in [4.69, 9.17) is 0 Å². The number of alkyl halides is 3. The molecule has 3 aromatic rings. The topological polar surface area (TPSA) is 38.0 Å². The third-order valence-electron chi connectivity index (χ3n) is 2.98. The first kappa shape index (κ1) is 12.5. The van der Waals surface area contributed by atoms with Gasteiger partial charge in [-0.2, -0.15) is 13.2 Å². The van der Waals surface area contributed by atoms with Crippen molar-refractivity contribution in [2.24, 2.45) is 0 Å². The van der Waals surface area contributed by atoms with Crippen LogP contribution in [0.1, 0.15) is 5.56 Å². The number of phenols is 1. The van der Waals surface area contributed by atoms with Crippen LogP contribution in [-0.4, -0.2) is 14.7 Å². The quantitative estimate of drug-likeness (QED) is 0.736. The van der Waals surface area contributed by atoms with E-state index in [0.29, 0.717) is 11.2 Å². The van der Waals surface area contributed by atoms with Crippen LogP contribution in [0.15, 0.2) is 48.8 Å². The molecule has 1 aromatic heterocycles. The average molecular weight is 278 g/mol. The second kappa shape index (κ2) is 4.26. The Kier molecular flexibility index (Phi) is 2.67. The summed E-state index contributed by atoms with van der Waals surface area (Å²) >= 11 is 0. The molecule has 3 rings (SSSR count). The summed E-state index contributed by atoms with van der Waals surface area (Å²) < 4.78 is 39.5. The van der Waals surface area contributed by atoms with Crippen molar-refractivity contribution in [3.05, 3.63) is 54.4 Å². The predicted molar refractivity (Wildman–Crippen MR) is 67.7 cm³/mol. The normalized spacial score (nSPS) is 11.9. The Bertz CT molecular complexity index is 777. The number of nitrogens with zero attached hydrogens (tertiary/aromatic N) is 2. The summed E-state index contributed by atoms with van der Waals surface area (Å²) in [6.07, 6.45) is -2.96. The molecule has 20 heavy (non-hydrogen) atoms. The molecule has 0 aliphatic rings. The number of imidazole rings is 1. The van der Waals surface area contributed by atoms with Crippen LogP contribution < -0.4 is 0 Å². The van der Waals surface area contributed by atoms with E-state index in [0.717, 1.165) is 12.1 Å². The second-order valence-electron chi connectivity index (χ2n) is 4.34. The fraction of sp³-hybridized carbons (Fsp3) is 0.0714. The molecule has 6 heteroatoms. The molecule has 1 N–H and O–H groups in total. The van der Waals surface area contributed by atoms with Crippen LogP contribution in [0.25, 0.3) is 16.7 Å². The van der Waals surface area contributed by atoms with Gasteiger partial charge >= 0.3 is 6.18 Å². The molecule has 0 bridgehead atoms. The third-order valence-corrected chi connectivity index (χ3v) is 2.98. The lowest BCUT2D eigenvalue weighted by molar-refractivity contribution is -0.137. The van der Waals surface area contributed by atoms with Crippen LogP contribution in [0, 0.1) is 0 Å². The van der Waals surface area contributed by atoms with E-state index in [9.17, 15) is 18.3 Å². The first-order valence-electron chi connectivity index (χ1n) is 5.79. The van der Waals surface area contributed by atoms with Crippen LogP contribution in [0.2, 0.25) is 0 Å². The van der Waals surface area contributed by atoms with Gasteiger partial charge in [-0.25, -0.2) is 4.98 Å². The molecule has 0 aliphatic carbocycles. The van der Waals surface area contributed by atoms with Crippen LogP contribution in [0.4, 0.5) is 13.2 Å². The Morgan fingerprint density at radius 3 is 2.55 bits per heavy atom. The first-order chi connectivity index (χ1) is 9.45. The number of rotatable bonds is 1. The lowest BCUT2D eigenvalue weighted by Crippen LogP contribution is -2.04. The van der Waals surface area contributed by atoms with Gasteiger partial charge in [-0.05, 0) is 30.3 Å². The highest BCUT2D eigenvalue weighted by Crippen LogP contribution is 2.31. The molecular weight excluding hydrogens is 269 g/mol. The fourth-order valence-corrected chi connectivity index (χ4v) is 2.04. The fourth-order valence-electron chi connectivity index (χ4n) is 2.04. The van der Waals surface area contributed by atoms with E-state index < -0.39 is 11.7 Å². The smallest absolute Gasteiger partial charge is 0.416 e. The molecule has 102 valence electrons. The van der Waals surface area contributed by atoms with Crippen molar-refractivity contribution in [1.29, 1.82) is 0 Å². The van der Waals surface area contributed by atoms with Crippen LogP contribution >= 0.6 is 0 Å². The van der Waals surface area contributed by atoms with Gasteiger partial charge in [0.1, 0.15) is 12.1 Å². The monoisotopic (exact) mass is 278 g/mol. The average Bonchev–Trinajstić information content (AvgIpc) is 2.80. The summed E-state index contributed by atoms with van der Waals surface area (Å²) in [6, 6.07) is 9.81. The highest BCUT2D eigenvalue weighted by atomic mass is 19.4. The Hall–Kier alpha value is -2.50. The lowest BCUT2D eigenvalue weighted by atomic mass is 10.2. The highest BCUT2D eigenvalue weighted by Gasteiger charge is 2.30. The van der Waals surface area contributed by atoms with E-state index in [1.165, 1.54) is 24.5 Å². The molecule has 0 saturated carbocycles. The maximum absolute atomic E-state index is 12.6. The molecule has 0 atom stereocenters. The summed E-state index contributed by atoms with van der Waals surface area (Å²) in [5.74, 6) is 0.0799. The first-order valence-corrected chi connectivity index (χ1v) is 5.79. The molecular formula is C14H9F3N2O. The summed E-state index contributed by atoms with van der Waals surface area (Å²) in [5, 5.41) is 9.45. The molecule has 1 heterocycles. The molecule has 3 nitrogen and oxygen atoms in total. The van der Waals surface area contributed by atoms with Crippen LogP contribution in [-0.2, 0) is 6.18 Å². The van der Waals surface area contributed by atoms with Crippen LogP contribution in [0.5, 0.6) is 5.75 Å². The number of hydrogen-bond acceptors (Lipinski definition) is 2. The molecule has 0 aliphatic heterocycles. The largest absolute Gasteiger partial charge is 0.508 e. The second-order valence-corrected chi connectivity index (χ2v) is 4.34. The molecule has 0 spiro atoms. The van der Waals surface area contributed by atoms with E-state index in [2.05, 4.69) is 4.98 Å². The Morgan fingerprint density at radius 2 is 1.85 bits per heavy atom. The van der Waals surface area contributed by atoms with Crippen molar-refractivity contribution in [3.63, 3.8) is 0 Å². The zero-order chi connectivity index (χ0) is 14.3. The van der Waals surface area contributed by atoms with Gasteiger partial charge in [0.25, 0.3) is 0 Å². The molecule has 0 amide bonds. The number of hydrogen-bond donors (Lipinski definition) is 1. The summed E-state index contributed by atoms with van der Waals surface area (Å²) in [7, 11) is 0. The number of aromatic hydroxyl groups is 1. The number of fused-ring (bicyclic) bond motifs is 1. The van der Waals surface area contributed by atoms with Crippen molar-refractivity contribution in [2.75, 3.05) is 0 Å². The van der Waals surface area contributed by atoms with Gasteiger partial charge in [-0.15, -0.1) is 0 Å². The minimum Gasteiger partial charge on any atom is -0.508 e. The zero-order valence-corrected chi connectivity index (χ0v) is 10.1. The van der Waals surface area contributed by atoms with Gasteiger partial charge < -0.3 is 5.11 Å². The van der Waals surface area contributed by atoms with Crippen LogP contribution in [0.3, 0.4) is 0 Å². The molecule has 0 saturated heterocycles. The van der Waals surface area contributed by atoms with Gasteiger partial charge in [0.05, 0.1) is 22.3 Å². The Morgan fingerprint density at radius 1 is 1.05 bits per heavy atom. The van der Waals surface area contributed by atoms with E-state index in [-0.39, 0.29) is 11.3 Å². The predicted octanol–water partition coefficient (Wildman–Crippen LogP) is 3.75. The summed E-state index contributed by atoms with van der Waals surface area (Å²) in [5.41, 5.74) is 0.699. The Balaban J connectivity index is 2.15. The molecule has 0 fully saturated rings. The van der Waals surface area contributed by atoms with Gasteiger partial charge in [-0.1, -0.05) is 6.07 Å². The van der Waals surface area contributed by atoms with Gasteiger partial charge in [-0.3, -0.25) is 4.57 Å². The zero-order valence-electron chi connectivity index (χ0n) is 10.1. The van der Waals surface area contributed by atoms with Gasteiger partial charge in [0.15, 0.2) is 0 Å². The summed E-state index contributed by atoms with van der Waals surface area (Å²) in [6.45, 7) is 0. The van der Waals surface area contributed by atoms with Crippen molar-refractivity contribution in [2.45, 2.75) is 6.18 Å². The number of benzene rings is 2. The standard InChI is InChI=1S/C14H9F3N2O/c15-14(16,17)9-4-5-13-12(6-9)18-8-19(13)10-2-1-3-11(20)7-10/h1-8,20H. The van der Waals surface area contributed by atoms with Crippen molar-refractivity contribution < 1.29 is 18.3 Å². The summed E-state index contributed by atoms with van der Waals surface area (Å²) in [4.78, 5) is 3.98. The maximum atomic E-state index is 12.6. The molecule has 0 radical (unpaired) electrons. The van der Waals surface area contributed by atoms with E-state index in [1.807, 2.05) is 0 Å². The highest BCUT2D eigenvalue weighted by molar-refractivity contribution is 5.78. The number of halogens is 3. The Labute approximate surface area is 111 Å². The third kappa shape index (κ3) is 2.09. The molecule has 0 unspecified atom stereocenters.